The maximum absolute atomic E-state index is 12.5. The number of nitrogens with zero attached hydrogens (tertiary/aromatic N) is 3. The van der Waals surface area contributed by atoms with Gasteiger partial charge in [-0.15, -0.1) is 0 Å². The fourth-order valence-electron chi connectivity index (χ4n) is 3.00. The van der Waals surface area contributed by atoms with Crippen LogP contribution in [0.4, 0.5) is 0 Å². The van der Waals surface area contributed by atoms with Crippen molar-refractivity contribution >= 4 is 21.8 Å². The van der Waals surface area contributed by atoms with Crippen LogP contribution in [-0.2, 0) is 15.8 Å². The minimum atomic E-state index is -3.53. The normalized spacial score (nSPS) is 15.4. The van der Waals surface area contributed by atoms with E-state index in [1.807, 2.05) is 30.3 Å². The van der Waals surface area contributed by atoms with E-state index in [0.29, 0.717) is 29.8 Å². The van der Waals surface area contributed by atoms with Crippen molar-refractivity contribution in [2.75, 3.05) is 18.9 Å². The summed E-state index contributed by atoms with van der Waals surface area (Å²) in [6.07, 6.45) is 3.56. The zero-order valence-electron chi connectivity index (χ0n) is 14.6. The predicted octanol–water partition coefficient (Wildman–Crippen LogP) is 2.93. The van der Waals surface area contributed by atoms with Crippen LogP contribution in [0.5, 0.6) is 0 Å². The van der Waals surface area contributed by atoms with Crippen molar-refractivity contribution in [3.05, 3.63) is 54.4 Å². The molecule has 0 unspecified atom stereocenters. The van der Waals surface area contributed by atoms with Crippen molar-refractivity contribution in [3.8, 4) is 11.3 Å². The van der Waals surface area contributed by atoms with Crippen LogP contribution >= 0.6 is 11.8 Å². The molecule has 0 amide bonds. The van der Waals surface area contributed by atoms with Gasteiger partial charge in [-0.05, 0) is 25.0 Å². The largest absolute Gasteiger partial charge is 0.447 e. The smallest absolute Gasteiger partial charge is 0.276 e. The quantitative estimate of drug-likeness (QED) is 0.501. The lowest BCUT2D eigenvalue weighted by Gasteiger charge is -2.12. The molecule has 2 aromatic heterocycles. The molecule has 0 bridgehead atoms. The van der Waals surface area contributed by atoms with Crippen molar-refractivity contribution in [2.24, 2.45) is 0 Å². The van der Waals surface area contributed by atoms with Gasteiger partial charge in [0.15, 0.2) is 5.16 Å². The average Bonchev–Trinajstić information content (AvgIpc) is 3.42. The lowest BCUT2D eigenvalue weighted by atomic mass is 10.2. The van der Waals surface area contributed by atoms with E-state index in [2.05, 4.69) is 4.98 Å². The Kier molecular flexibility index (Phi) is 4.98. The fraction of sp³-hybridized carbons (Fsp3) is 0.278. The number of nitrogen functional groups attached to an aromatic ring is 1. The number of hydrogen-bond donors (Lipinski definition) is 1. The number of benzene rings is 1. The first-order valence-electron chi connectivity index (χ1n) is 8.65. The number of rotatable bonds is 6. The van der Waals surface area contributed by atoms with E-state index in [0.717, 1.165) is 24.1 Å². The summed E-state index contributed by atoms with van der Waals surface area (Å²) < 4.78 is 33.6. The molecule has 0 atom stereocenters. The topological polar surface area (TPSA) is 94.4 Å². The monoisotopic (exact) mass is 404 g/mol. The van der Waals surface area contributed by atoms with Gasteiger partial charge in [-0.2, -0.15) is 4.31 Å². The van der Waals surface area contributed by atoms with Gasteiger partial charge in [0, 0.05) is 18.7 Å². The van der Waals surface area contributed by atoms with Gasteiger partial charge in [0.05, 0.1) is 17.6 Å². The Balaban J connectivity index is 1.46. The molecular weight excluding hydrogens is 384 g/mol. The highest BCUT2D eigenvalue weighted by atomic mass is 32.2. The Morgan fingerprint density at radius 2 is 1.85 bits per heavy atom. The first-order valence-corrected chi connectivity index (χ1v) is 11.1. The standard InChI is InChI=1S/C18H20N4O3S2/c19-22-12-16(14-6-2-1-3-7-14)20-18(22)26-13-15-8-9-17(25-15)27(23,24)21-10-4-5-11-21/h1-3,6-9,12H,4-5,10-11,13,19H2. The minimum absolute atomic E-state index is 0.000986. The van der Waals surface area contributed by atoms with Gasteiger partial charge in [-0.25, -0.2) is 18.1 Å². The number of aromatic nitrogens is 2. The molecule has 9 heteroatoms. The highest BCUT2D eigenvalue weighted by Gasteiger charge is 2.29. The van der Waals surface area contributed by atoms with E-state index >= 15 is 0 Å². The van der Waals surface area contributed by atoms with Gasteiger partial charge in [0.25, 0.3) is 10.0 Å². The van der Waals surface area contributed by atoms with Crippen molar-refractivity contribution < 1.29 is 12.8 Å². The zero-order chi connectivity index (χ0) is 18.9. The van der Waals surface area contributed by atoms with Gasteiger partial charge in [0.1, 0.15) is 5.76 Å². The molecule has 2 N–H and O–H groups in total. The summed E-state index contributed by atoms with van der Waals surface area (Å²) >= 11 is 1.40. The molecular formula is C18H20N4O3S2. The highest BCUT2D eigenvalue weighted by Crippen LogP contribution is 2.28. The minimum Gasteiger partial charge on any atom is -0.447 e. The van der Waals surface area contributed by atoms with Gasteiger partial charge in [0.2, 0.25) is 5.09 Å². The van der Waals surface area contributed by atoms with E-state index < -0.39 is 10.0 Å². The maximum Gasteiger partial charge on any atom is 0.276 e. The highest BCUT2D eigenvalue weighted by molar-refractivity contribution is 7.98. The SMILES string of the molecule is Nn1cc(-c2ccccc2)nc1SCc1ccc(S(=O)(=O)N2CCCC2)o1. The second-order valence-electron chi connectivity index (χ2n) is 6.30. The summed E-state index contributed by atoms with van der Waals surface area (Å²) in [5, 5.41) is 0.635. The molecule has 1 aromatic carbocycles. The number of sulfonamides is 1. The van der Waals surface area contributed by atoms with Crippen LogP contribution < -0.4 is 5.84 Å². The molecule has 142 valence electrons. The molecule has 1 fully saturated rings. The lowest BCUT2D eigenvalue weighted by Crippen LogP contribution is -2.27. The summed E-state index contributed by atoms with van der Waals surface area (Å²) in [5.41, 5.74) is 1.78. The molecule has 3 aromatic rings. The Morgan fingerprint density at radius 1 is 1.11 bits per heavy atom. The molecule has 7 nitrogen and oxygen atoms in total. The molecule has 3 heterocycles. The molecule has 0 saturated carbocycles. The fourth-order valence-corrected chi connectivity index (χ4v) is 5.23. The number of imidazole rings is 1. The first-order chi connectivity index (χ1) is 13.0. The van der Waals surface area contributed by atoms with Crippen molar-refractivity contribution in [1.29, 1.82) is 0 Å². The van der Waals surface area contributed by atoms with Gasteiger partial charge >= 0.3 is 0 Å². The zero-order valence-corrected chi connectivity index (χ0v) is 16.2. The average molecular weight is 405 g/mol. The van der Waals surface area contributed by atoms with E-state index in [4.69, 9.17) is 10.3 Å². The number of nitrogens with two attached hydrogens (primary N) is 1. The lowest BCUT2D eigenvalue weighted by molar-refractivity contribution is 0.397. The summed E-state index contributed by atoms with van der Waals surface area (Å²) in [7, 11) is -3.53. The number of thioether (sulfide) groups is 1. The third kappa shape index (κ3) is 3.76. The second kappa shape index (κ2) is 7.41. The van der Waals surface area contributed by atoms with Crippen LogP contribution in [0.15, 0.2) is 63.3 Å². The van der Waals surface area contributed by atoms with Crippen LogP contribution in [0.1, 0.15) is 18.6 Å². The molecule has 27 heavy (non-hydrogen) atoms. The third-order valence-electron chi connectivity index (χ3n) is 4.41. The Labute approximate surface area is 162 Å². The summed E-state index contributed by atoms with van der Waals surface area (Å²) in [6, 6.07) is 13.0. The van der Waals surface area contributed by atoms with Crippen molar-refractivity contribution in [3.63, 3.8) is 0 Å². The van der Waals surface area contributed by atoms with Gasteiger partial charge in [-0.3, -0.25) is 0 Å². The maximum atomic E-state index is 12.5. The summed E-state index contributed by atoms with van der Waals surface area (Å²) in [6.45, 7) is 1.11. The number of furan rings is 1. The molecule has 4 rings (SSSR count). The predicted molar refractivity (Wildman–Crippen MR) is 104 cm³/mol. The Morgan fingerprint density at radius 3 is 2.59 bits per heavy atom. The first kappa shape index (κ1) is 18.1. The summed E-state index contributed by atoms with van der Waals surface area (Å²) in [5.74, 6) is 7.01. The van der Waals surface area contributed by atoms with Crippen molar-refractivity contribution in [1.82, 2.24) is 14.0 Å². The number of hydrogen-bond acceptors (Lipinski definition) is 6. The van der Waals surface area contributed by atoms with Gasteiger partial charge < -0.3 is 10.3 Å². The van der Waals surface area contributed by atoms with E-state index in [1.54, 1.807) is 12.3 Å². The van der Waals surface area contributed by atoms with Crippen molar-refractivity contribution in [2.45, 2.75) is 28.8 Å². The van der Waals surface area contributed by atoms with E-state index in [1.165, 1.54) is 26.8 Å². The molecule has 0 spiro atoms. The molecule has 1 saturated heterocycles. The van der Waals surface area contributed by atoms with E-state index in [9.17, 15) is 8.42 Å². The molecule has 1 aliphatic rings. The molecule has 1 aliphatic heterocycles. The van der Waals surface area contributed by atoms with Crippen LogP contribution in [0.25, 0.3) is 11.3 Å². The molecule has 0 radical (unpaired) electrons. The van der Waals surface area contributed by atoms with Gasteiger partial charge in [-0.1, -0.05) is 42.1 Å². The third-order valence-corrected chi connectivity index (χ3v) is 7.17. The van der Waals surface area contributed by atoms with Crippen LogP contribution in [0, 0.1) is 0 Å². The Bertz CT molecular complexity index is 1020. The summed E-state index contributed by atoms with van der Waals surface area (Å²) in [4.78, 5) is 4.55. The van der Waals surface area contributed by atoms with E-state index in [-0.39, 0.29) is 5.09 Å². The van der Waals surface area contributed by atoms with Crippen LogP contribution in [0.3, 0.4) is 0 Å². The van der Waals surface area contributed by atoms with Crippen LogP contribution in [0.2, 0.25) is 0 Å². The molecule has 0 aliphatic carbocycles. The van der Waals surface area contributed by atoms with Crippen LogP contribution in [-0.4, -0.2) is 35.5 Å². The Hall–Kier alpha value is -2.23. The second-order valence-corrected chi connectivity index (χ2v) is 9.11.